The van der Waals surface area contributed by atoms with Gasteiger partial charge in [0.05, 0.1) is 0 Å². The summed E-state index contributed by atoms with van der Waals surface area (Å²) < 4.78 is 1.56. The molecule has 0 bridgehead atoms. The van der Waals surface area contributed by atoms with Gasteiger partial charge in [0.15, 0.2) is 17.0 Å². The Labute approximate surface area is 121 Å². The first-order valence-electron chi connectivity index (χ1n) is 5.31. The number of hydrogen-bond donors (Lipinski definition) is 1. The number of allylic oxidation sites excluding steroid dienone is 1. The maximum Gasteiger partial charge on any atom is 0.325 e. The summed E-state index contributed by atoms with van der Waals surface area (Å²) in [6.45, 7) is 2.45. The van der Waals surface area contributed by atoms with Crippen LogP contribution < -0.4 is 5.32 Å². The Morgan fingerprint density at radius 3 is 2.83 bits per heavy atom. The highest BCUT2D eigenvalue weighted by Gasteiger charge is 2.47. The Bertz CT molecular complexity index is 459. The minimum absolute atomic E-state index is 0.318. The van der Waals surface area contributed by atoms with Crippen molar-refractivity contribution in [2.75, 3.05) is 13.6 Å². The minimum atomic E-state index is -0.481. The number of halogens is 2. The van der Waals surface area contributed by atoms with Gasteiger partial charge in [0.2, 0.25) is 0 Å². The van der Waals surface area contributed by atoms with Crippen molar-refractivity contribution in [1.82, 2.24) is 15.1 Å². The van der Waals surface area contributed by atoms with E-state index in [0.717, 1.165) is 4.48 Å². The lowest BCUT2D eigenvalue weighted by molar-refractivity contribution is -0.126. The number of likely N-dealkylation sites (N-methyl/N-ethyl adjacent to an activating group) is 1. The Kier molecular flexibility index (Phi) is 3.76. The molecule has 1 saturated heterocycles. The number of nitrogens with zero attached hydrogens (tertiary/aromatic N) is 3. The molecule has 1 N–H and O–H groups in total. The van der Waals surface area contributed by atoms with Crippen LogP contribution in [0.1, 0.15) is 6.92 Å². The van der Waals surface area contributed by atoms with Gasteiger partial charge < -0.3 is 9.80 Å². The molecule has 0 radical (unpaired) electrons. The zero-order chi connectivity index (χ0) is 13.4. The van der Waals surface area contributed by atoms with E-state index >= 15 is 0 Å². The van der Waals surface area contributed by atoms with Crippen molar-refractivity contribution >= 4 is 48.5 Å². The van der Waals surface area contributed by atoms with Gasteiger partial charge >= 0.3 is 6.03 Å². The Morgan fingerprint density at radius 2 is 2.22 bits per heavy atom. The summed E-state index contributed by atoms with van der Waals surface area (Å²) in [4.78, 5) is 31.0. The number of urea groups is 1. The summed E-state index contributed by atoms with van der Waals surface area (Å²) in [5.74, 6) is -0.318. The van der Waals surface area contributed by atoms with E-state index in [2.05, 4.69) is 42.2 Å². The van der Waals surface area contributed by atoms with Crippen LogP contribution in [0.25, 0.3) is 0 Å². The first kappa shape index (κ1) is 13.5. The molecular formula is C10H12Br2N4O2. The number of carbonyl (C=O) groups excluding carboxylic acids is 2. The van der Waals surface area contributed by atoms with Crippen LogP contribution in [-0.4, -0.2) is 52.3 Å². The molecule has 8 heteroatoms. The molecule has 0 saturated carbocycles. The van der Waals surface area contributed by atoms with Crippen molar-refractivity contribution in [3.8, 4) is 0 Å². The molecule has 2 atom stereocenters. The van der Waals surface area contributed by atoms with E-state index in [1.54, 1.807) is 7.05 Å². The molecule has 2 rings (SSSR count). The second-order valence-corrected chi connectivity index (χ2v) is 6.07. The van der Waals surface area contributed by atoms with Gasteiger partial charge in [0.1, 0.15) is 0 Å². The Hall–Kier alpha value is -0.890. The molecule has 0 aromatic carbocycles. The van der Waals surface area contributed by atoms with Crippen LogP contribution in [0.5, 0.6) is 0 Å². The summed E-state index contributed by atoms with van der Waals surface area (Å²) >= 11 is 6.67. The van der Waals surface area contributed by atoms with Crippen molar-refractivity contribution in [3.63, 3.8) is 0 Å². The van der Waals surface area contributed by atoms with E-state index < -0.39 is 18.2 Å². The first-order chi connectivity index (χ1) is 8.41. The number of hydrogen-bond acceptors (Lipinski definition) is 4. The summed E-state index contributed by atoms with van der Waals surface area (Å²) in [6.07, 6.45) is 1.47. The first-order valence-corrected chi connectivity index (χ1v) is 6.90. The van der Waals surface area contributed by atoms with Crippen molar-refractivity contribution < 1.29 is 9.59 Å². The maximum atomic E-state index is 11.9. The van der Waals surface area contributed by atoms with Crippen LogP contribution in [0.15, 0.2) is 15.6 Å². The fourth-order valence-electron chi connectivity index (χ4n) is 1.91. The van der Waals surface area contributed by atoms with Gasteiger partial charge in [-0.25, -0.2) is 9.79 Å². The van der Waals surface area contributed by atoms with Crippen LogP contribution in [-0.2, 0) is 4.79 Å². The lowest BCUT2D eigenvalue weighted by Crippen LogP contribution is -2.63. The summed E-state index contributed by atoms with van der Waals surface area (Å²) in [7, 11) is 1.62. The van der Waals surface area contributed by atoms with Gasteiger partial charge in [0, 0.05) is 13.6 Å². The predicted octanol–water partition coefficient (Wildman–Crippen LogP) is 1.23. The highest BCUT2D eigenvalue weighted by Crippen LogP contribution is 2.26. The van der Waals surface area contributed by atoms with Crippen LogP contribution in [0.2, 0.25) is 0 Å². The van der Waals surface area contributed by atoms with Gasteiger partial charge in [-0.2, -0.15) is 0 Å². The smallest absolute Gasteiger partial charge is 0.325 e. The molecule has 0 aromatic rings. The minimum Gasteiger partial charge on any atom is -0.331 e. The lowest BCUT2D eigenvalue weighted by atomic mass is 10.1. The monoisotopic (exact) mass is 378 g/mol. The topological polar surface area (TPSA) is 65.0 Å². The molecule has 2 heterocycles. The standard InChI is InChI=1S/C10H12Br2N4O2/c1-5(11)3-4-16-6-7(13-9(16)12)15(2)10(18)14-8(6)17/h3,6-7H,4H2,1-2H3,(H,14,17,18)/b5-3-. The van der Waals surface area contributed by atoms with E-state index in [1.165, 1.54) is 4.90 Å². The van der Waals surface area contributed by atoms with Crippen molar-refractivity contribution in [1.29, 1.82) is 0 Å². The molecule has 2 unspecified atom stereocenters. The quantitative estimate of drug-likeness (QED) is 0.734. The van der Waals surface area contributed by atoms with Gasteiger partial charge in [-0.05, 0) is 27.3 Å². The summed E-state index contributed by atoms with van der Waals surface area (Å²) in [6, 6.07) is -0.899. The summed E-state index contributed by atoms with van der Waals surface area (Å²) in [5.41, 5.74) is 0. The highest BCUT2D eigenvalue weighted by atomic mass is 79.9. The van der Waals surface area contributed by atoms with E-state index in [4.69, 9.17) is 0 Å². The SMILES string of the molecule is C/C(Br)=C/CN1C(Br)=NC2C1C(=O)NC(=O)N2C. The third-order valence-corrected chi connectivity index (χ3v) is 3.86. The molecule has 0 spiro atoms. The third-order valence-electron chi connectivity index (χ3n) is 2.88. The molecule has 0 aliphatic carbocycles. The number of fused-ring (bicyclic) bond motifs is 1. The zero-order valence-electron chi connectivity index (χ0n) is 9.85. The fraction of sp³-hybridized carbons (Fsp3) is 0.500. The second-order valence-electron chi connectivity index (χ2n) is 4.11. The van der Waals surface area contributed by atoms with E-state index in [-0.39, 0.29) is 5.91 Å². The average molecular weight is 380 g/mol. The lowest BCUT2D eigenvalue weighted by Gasteiger charge is -2.35. The Morgan fingerprint density at radius 1 is 1.56 bits per heavy atom. The number of aliphatic imine (C=N–C) groups is 1. The maximum absolute atomic E-state index is 11.9. The Balaban J connectivity index is 2.25. The van der Waals surface area contributed by atoms with E-state index in [1.807, 2.05) is 17.9 Å². The fourth-order valence-corrected chi connectivity index (χ4v) is 2.63. The van der Waals surface area contributed by atoms with Crippen LogP contribution in [0.3, 0.4) is 0 Å². The van der Waals surface area contributed by atoms with Crippen molar-refractivity contribution in [2.45, 2.75) is 19.1 Å². The molecule has 2 aliphatic heterocycles. The van der Waals surface area contributed by atoms with Crippen LogP contribution in [0.4, 0.5) is 4.79 Å². The van der Waals surface area contributed by atoms with Gasteiger partial charge in [-0.1, -0.05) is 22.0 Å². The molecule has 2 aliphatic rings. The number of rotatable bonds is 2. The molecule has 18 heavy (non-hydrogen) atoms. The van der Waals surface area contributed by atoms with Crippen LogP contribution in [0, 0.1) is 0 Å². The highest BCUT2D eigenvalue weighted by molar-refractivity contribution is 9.18. The number of carbonyl (C=O) groups is 2. The van der Waals surface area contributed by atoms with Crippen molar-refractivity contribution in [2.24, 2.45) is 4.99 Å². The summed E-state index contributed by atoms with van der Waals surface area (Å²) in [5, 5.41) is 2.32. The van der Waals surface area contributed by atoms with E-state index in [0.29, 0.717) is 11.3 Å². The van der Waals surface area contributed by atoms with E-state index in [9.17, 15) is 9.59 Å². The molecule has 98 valence electrons. The molecule has 3 amide bonds. The normalized spacial score (nSPS) is 28.2. The van der Waals surface area contributed by atoms with Crippen LogP contribution >= 0.6 is 31.9 Å². The second kappa shape index (κ2) is 5.00. The zero-order valence-corrected chi connectivity index (χ0v) is 13.0. The van der Waals surface area contributed by atoms with Gasteiger partial charge in [-0.15, -0.1) is 0 Å². The predicted molar refractivity (Wildman–Crippen MR) is 74.6 cm³/mol. The average Bonchev–Trinajstić information content (AvgIpc) is 2.61. The largest absolute Gasteiger partial charge is 0.331 e. The molecule has 0 aromatic heterocycles. The number of imide groups is 1. The number of amides is 3. The number of amidine groups is 1. The van der Waals surface area contributed by atoms with Gasteiger partial charge in [0.25, 0.3) is 5.91 Å². The van der Waals surface area contributed by atoms with Gasteiger partial charge in [-0.3, -0.25) is 10.1 Å². The molecule has 1 fully saturated rings. The number of nitrogens with one attached hydrogen (secondary N) is 1. The molecule has 6 nitrogen and oxygen atoms in total. The molecular weight excluding hydrogens is 368 g/mol. The van der Waals surface area contributed by atoms with Crippen molar-refractivity contribution in [3.05, 3.63) is 10.6 Å². The third kappa shape index (κ3) is 2.31.